The third-order valence-electron chi connectivity index (χ3n) is 4.59. The summed E-state index contributed by atoms with van der Waals surface area (Å²) < 4.78 is 38.2. The van der Waals surface area contributed by atoms with Crippen molar-refractivity contribution in [2.24, 2.45) is 5.92 Å². The van der Waals surface area contributed by atoms with Crippen LogP contribution >= 0.6 is 0 Å². The Balaban J connectivity index is 1.57. The molecule has 3 rings (SSSR count). The summed E-state index contributed by atoms with van der Waals surface area (Å²) in [6.45, 7) is 2.21. The molecular weight excluding hydrogens is 289 g/mol. The van der Waals surface area contributed by atoms with Crippen molar-refractivity contribution in [2.45, 2.75) is 50.5 Å². The molecule has 2 fully saturated rings. The predicted molar refractivity (Wildman–Crippen MR) is 80.4 cm³/mol. The number of alkyl halides is 3. The van der Waals surface area contributed by atoms with Gasteiger partial charge in [-0.15, -0.1) is 0 Å². The average Bonchev–Trinajstić information content (AvgIpc) is 3.29. The standard InChI is InChI=1S/C17H23F3N2/c18-17(19,20)9-14-8-15(12-22(11-14)16-6-7-16)21-10-13-4-2-1-3-5-13/h1-5,14-16,21H,6-12H2. The van der Waals surface area contributed by atoms with Gasteiger partial charge in [0.2, 0.25) is 0 Å². The highest BCUT2D eigenvalue weighted by atomic mass is 19.4. The summed E-state index contributed by atoms with van der Waals surface area (Å²) in [6.07, 6.45) is -1.80. The van der Waals surface area contributed by atoms with E-state index in [1.807, 2.05) is 30.3 Å². The zero-order chi connectivity index (χ0) is 15.6. The lowest BCUT2D eigenvalue weighted by atomic mass is 9.91. The van der Waals surface area contributed by atoms with Crippen LogP contribution in [0.4, 0.5) is 13.2 Å². The number of piperidine rings is 1. The fourth-order valence-electron chi connectivity index (χ4n) is 3.46. The van der Waals surface area contributed by atoms with E-state index in [2.05, 4.69) is 10.2 Å². The lowest BCUT2D eigenvalue weighted by molar-refractivity contribution is -0.149. The first-order chi connectivity index (χ1) is 10.5. The van der Waals surface area contributed by atoms with Gasteiger partial charge in [0.05, 0.1) is 0 Å². The third kappa shape index (κ3) is 4.71. The molecule has 1 N–H and O–H groups in total. The van der Waals surface area contributed by atoms with E-state index >= 15 is 0 Å². The minimum atomic E-state index is -4.05. The SMILES string of the molecule is FC(F)(F)CC1CC(NCc2ccccc2)CN(C2CC2)C1. The van der Waals surface area contributed by atoms with Crippen LogP contribution in [0.5, 0.6) is 0 Å². The van der Waals surface area contributed by atoms with E-state index in [0.29, 0.717) is 19.0 Å². The Kier molecular flexibility index (Phi) is 4.73. The molecule has 2 unspecified atom stereocenters. The topological polar surface area (TPSA) is 15.3 Å². The van der Waals surface area contributed by atoms with Crippen LogP contribution in [0.2, 0.25) is 0 Å². The molecule has 2 atom stereocenters. The Morgan fingerprint density at radius 2 is 1.82 bits per heavy atom. The number of likely N-dealkylation sites (tertiary alicyclic amines) is 1. The van der Waals surface area contributed by atoms with Crippen molar-refractivity contribution in [3.8, 4) is 0 Å². The maximum atomic E-state index is 12.7. The zero-order valence-electron chi connectivity index (χ0n) is 12.6. The second kappa shape index (κ2) is 6.59. The van der Waals surface area contributed by atoms with Crippen LogP contribution in [-0.4, -0.2) is 36.2 Å². The molecule has 22 heavy (non-hydrogen) atoms. The van der Waals surface area contributed by atoms with E-state index in [-0.39, 0.29) is 12.0 Å². The number of hydrogen-bond donors (Lipinski definition) is 1. The Morgan fingerprint density at radius 1 is 1.09 bits per heavy atom. The minimum absolute atomic E-state index is 0.155. The van der Waals surface area contributed by atoms with Crippen LogP contribution in [0.15, 0.2) is 30.3 Å². The van der Waals surface area contributed by atoms with E-state index in [4.69, 9.17) is 0 Å². The molecule has 0 radical (unpaired) electrons. The lowest BCUT2D eigenvalue weighted by Gasteiger charge is -2.38. The highest BCUT2D eigenvalue weighted by Gasteiger charge is 2.40. The number of nitrogens with one attached hydrogen (secondary N) is 1. The first-order valence-electron chi connectivity index (χ1n) is 8.08. The zero-order valence-corrected chi connectivity index (χ0v) is 12.6. The summed E-state index contributed by atoms with van der Waals surface area (Å²) in [5.74, 6) is -0.275. The van der Waals surface area contributed by atoms with Gasteiger partial charge < -0.3 is 5.32 Å². The van der Waals surface area contributed by atoms with Gasteiger partial charge in [-0.25, -0.2) is 0 Å². The number of nitrogens with zero attached hydrogens (tertiary/aromatic N) is 1. The molecule has 1 aliphatic carbocycles. The van der Waals surface area contributed by atoms with Gasteiger partial charge in [0.1, 0.15) is 0 Å². The van der Waals surface area contributed by atoms with Crippen LogP contribution in [0.25, 0.3) is 0 Å². The average molecular weight is 312 g/mol. The van der Waals surface area contributed by atoms with Crippen molar-refractivity contribution in [2.75, 3.05) is 13.1 Å². The summed E-state index contributed by atoms with van der Waals surface area (Å²) in [5.41, 5.74) is 1.18. The molecule has 1 aromatic rings. The minimum Gasteiger partial charge on any atom is -0.309 e. The molecule has 0 bridgehead atoms. The van der Waals surface area contributed by atoms with Crippen molar-refractivity contribution < 1.29 is 13.2 Å². The molecule has 2 aliphatic rings. The molecule has 0 aromatic heterocycles. The van der Waals surface area contributed by atoms with Gasteiger partial charge in [0.25, 0.3) is 0 Å². The van der Waals surface area contributed by atoms with E-state index in [9.17, 15) is 13.2 Å². The number of hydrogen-bond acceptors (Lipinski definition) is 2. The Morgan fingerprint density at radius 3 is 2.45 bits per heavy atom. The number of benzene rings is 1. The highest BCUT2D eigenvalue weighted by molar-refractivity contribution is 5.14. The normalized spacial score (nSPS) is 27.0. The Labute approximate surface area is 129 Å². The monoisotopic (exact) mass is 312 g/mol. The van der Waals surface area contributed by atoms with Gasteiger partial charge in [0.15, 0.2) is 0 Å². The van der Waals surface area contributed by atoms with Crippen molar-refractivity contribution in [1.82, 2.24) is 10.2 Å². The van der Waals surface area contributed by atoms with Crippen molar-refractivity contribution in [3.63, 3.8) is 0 Å². The smallest absolute Gasteiger partial charge is 0.309 e. The largest absolute Gasteiger partial charge is 0.389 e. The summed E-state index contributed by atoms with van der Waals surface area (Å²) >= 11 is 0. The molecule has 2 nitrogen and oxygen atoms in total. The fraction of sp³-hybridized carbons (Fsp3) is 0.647. The maximum Gasteiger partial charge on any atom is 0.389 e. The number of halogens is 3. The molecular formula is C17H23F3N2. The molecule has 1 aliphatic heterocycles. The second-order valence-corrected chi connectivity index (χ2v) is 6.67. The molecule has 1 heterocycles. The highest BCUT2D eigenvalue weighted by Crippen LogP contribution is 2.35. The molecule has 1 saturated heterocycles. The van der Waals surface area contributed by atoms with Crippen LogP contribution in [0.3, 0.4) is 0 Å². The van der Waals surface area contributed by atoms with Crippen LogP contribution < -0.4 is 5.32 Å². The molecule has 1 aromatic carbocycles. The molecule has 1 saturated carbocycles. The molecule has 0 amide bonds. The fourth-order valence-corrected chi connectivity index (χ4v) is 3.46. The summed E-state index contributed by atoms with van der Waals surface area (Å²) in [4.78, 5) is 2.27. The Bertz CT molecular complexity index is 471. The van der Waals surface area contributed by atoms with E-state index in [1.165, 1.54) is 5.56 Å². The van der Waals surface area contributed by atoms with E-state index < -0.39 is 12.6 Å². The van der Waals surface area contributed by atoms with E-state index in [1.54, 1.807) is 0 Å². The van der Waals surface area contributed by atoms with Crippen molar-refractivity contribution in [3.05, 3.63) is 35.9 Å². The third-order valence-corrected chi connectivity index (χ3v) is 4.59. The van der Waals surface area contributed by atoms with Gasteiger partial charge in [-0.2, -0.15) is 13.2 Å². The first kappa shape index (κ1) is 15.8. The van der Waals surface area contributed by atoms with Crippen molar-refractivity contribution in [1.29, 1.82) is 0 Å². The van der Waals surface area contributed by atoms with E-state index in [0.717, 1.165) is 25.9 Å². The predicted octanol–water partition coefficient (Wildman–Crippen LogP) is 3.58. The lowest BCUT2D eigenvalue weighted by Crippen LogP contribution is -2.50. The van der Waals surface area contributed by atoms with Crippen LogP contribution in [-0.2, 0) is 6.54 Å². The van der Waals surface area contributed by atoms with Gasteiger partial charge >= 0.3 is 6.18 Å². The van der Waals surface area contributed by atoms with Crippen LogP contribution in [0.1, 0.15) is 31.2 Å². The number of rotatable bonds is 5. The summed E-state index contributed by atoms with van der Waals surface area (Å²) in [7, 11) is 0. The van der Waals surface area contributed by atoms with Crippen LogP contribution in [0, 0.1) is 5.92 Å². The Hall–Kier alpha value is -1.07. The molecule has 5 heteroatoms. The quantitative estimate of drug-likeness (QED) is 0.894. The van der Waals surface area contributed by atoms with Gasteiger partial charge in [-0.1, -0.05) is 30.3 Å². The molecule has 122 valence electrons. The first-order valence-corrected chi connectivity index (χ1v) is 8.08. The van der Waals surface area contributed by atoms with Gasteiger partial charge in [0, 0.05) is 38.1 Å². The van der Waals surface area contributed by atoms with Crippen molar-refractivity contribution >= 4 is 0 Å². The summed E-state index contributed by atoms with van der Waals surface area (Å²) in [5, 5.41) is 3.46. The second-order valence-electron chi connectivity index (χ2n) is 6.67. The summed E-state index contributed by atoms with van der Waals surface area (Å²) in [6, 6.07) is 10.7. The maximum absolute atomic E-state index is 12.7. The molecule has 0 spiro atoms. The van der Waals surface area contributed by atoms with Gasteiger partial charge in [-0.05, 0) is 30.7 Å². The van der Waals surface area contributed by atoms with Gasteiger partial charge in [-0.3, -0.25) is 4.90 Å².